The first-order chi connectivity index (χ1) is 10.8. The van der Waals surface area contributed by atoms with E-state index in [1.807, 2.05) is 31.2 Å². The van der Waals surface area contributed by atoms with Crippen molar-refractivity contribution in [1.29, 1.82) is 0 Å². The number of benzene rings is 1. The van der Waals surface area contributed by atoms with Crippen LogP contribution >= 0.6 is 0 Å². The standard InChI is InChI=1S/C14H18N2O.C2H2O4/c1-4-16(5-2)12-9-11-8-6-7-10(3)13(11)15-14(12)17;3-1(4)2(5)6/h6-9H,4-5H2,1-3H3,(H,15,17);(H,3,4)(H,5,6). The monoisotopic (exact) mass is 320 g/mol. The van der Waals surface area contributed by atoms with Crippen molar-refractivity contribution in [3.05, 3.63) is 40.2 Å². The zero-order chi connectivity index (χ0) is 17.6. The van der Waals surface area contributed by atoms with Crippen LogP contribution in [0.4, 0.5) is 5.69 Å². The van der Waals surface area contributed by atoms with E-state index in [9.17, 15) is 4.79 Å². The molecule has 1 aromatic heterocycles. The van der Waals surface area contributed by atoms with Gasteiger partial charge in [-0.3, -0.25) is 4.79 Å². The third kappa shape index (κ3) is 4.57. The largest absolute Gasteiger partial charge is 0.473 e. The molecule has 0 atom stereocenters. The van der Waals surface area contributed by atoms with E-state index in [0.29, 0.717) is 0 Å². The van der Waals surface area contributed by atoms with Gasteiger partial charge in [-0.15, -0.1) is 0 Å². The predicted octanol–water partition coefficient (Wildman–Crippen LogP) is 1.84. The molecule has 0 fully saturated rings. The number of carboxylic acid groups (broad SMARTS) is 2. The Morgan fingerprint density at radius 3 is 2.17 bits per heavy atom. The number of nitrogens with zero attached hydrogens (tertiary/aromatic N) is 1. The summed E-state index contributed by atoms with van der Waals surface area (Å²) < 4.78 is 0. The summed E-state index contributed by atoms with van der Waals surface area (Å²) in [5.41, 5.74) is 2.79. The van der Waals surface area contributed by atoms with Crippen LogP contribution in [0.25, 0.3) is 10.9 Å². The van der Waals surface area contributed by atoms with E-state index < -0.39 is 11.9 Å². The Labute approximate surface area is 133 Å². The van der Waals surface area contributed by atoms with Crippen molar-refractivity contribution >= 4 is 28.5 Å². The number of anilines is 1. The Balaban J connectivity index is 0.000000379. The highest BCUT2D eigenvalue weighted by Crippen LogP contribution is 2.18. The molecule has 0 amide bonds. The van der Waals surface area contributed by atoms with Gasteiger partial charge in [-0.25, -0.2) is 9.59 Å². The lowest BCUT2D eigenvalue weighted by Gasteiger charge is -2.20. The van der Waals surface area contributed by atoms with E-state index >= 15 is 0 Å². The van der Waals surface area contributed by atoms with Gasteiger partial charge in [-0.1, -0.05) is 18.2 Å². The van der Waals surface area contributed by atoms with Crippen LogP contribution in [-0.4, -0.2) is 40.2 Å². The van der Waals surface area contributed by atoms with Gasteiger partial charge in [0.05, 0.1) is 5.52 Å². The van der Waals surface area contributed by atoms with E-state index in [1.165, 1.54) is 0 Å². The highest BCUT2D eigenvalue weighted by Gasteiger charge is 2.09. The number of aryl methyl sites for hydroxylation is 1. The molecule has 124 valence electrons. The summed E-state index contributed by atoms with van der Waals surface area (Å²) >= 11 is 0. The molecular formula is C16H20N2O5. The van der Waals surface area contributed by atoms with Gasteiger partial charge in [-0.05, 0) is 32.4 Å². The zero-order valence-electron chi connectivity index (χ0n) is 13.3. The number of hydrogen-bond donors (Lipinski definition) is 3. The first-order valence-electron chi connectivity index (χ1n) is 7.15. The van der Waals surface area contributed by atoms with Crippen LogP contribution in [0.2, 0.25) is 0 Å². The van der Waals surface area contributed by atoms with E-state index in [0.717, 1.165) is 35.2 Å². The molecule has 2 aromatic rings. The number of H-pyrrole nitrogens is 1. The van der Waals surface area contributed by atoms with Crippen molar-refractivity contribution in [1.82, 2.24) is 4.98 Å². The highest BCUT2D eigenvalue weighted by molar-refractivity contribution is 6.27. The molecule has 0 bridgehead atoms. The number of para-hydroxylation sites is 1. The summed E-state index contributed by atoms with van der Waals surface area (Å²) in [7, 11) is 0. The summed E-state index contributed by atoms with van der Waals surface area (Å²) in [5, 5.41) is 15.9. The second kappa shape index (κ2) is 7.98. The van der Waals surface area contributed by atoms with Gasteiger partial charge in [0.15, 0.2) is 0 Å². The minimum Gasteiger partial charge on any atom is -0.473 e. The average Bonchev–Trinajstić information content (AvgIpc) is 2.50. The number of aromatic amines is 1. The fraction of sp³-hybridized carbons (Fsp3) is 0.312. The van der Waals surface area contributed by atoms with Crippen LogP contribution in [-0.2, 0) is 9.59 Å². The number of nitrogens with one attached hydrogen (secondary N) is 1. The molecule has 23 heavy (non-hydrogen) atoms. The van der Waals surface area contributed by atoms with Gasteiger partial charge in [0.25, 0.3) is 5.56 Å². The quantitative estimate of drug-likeness (QED) is 0.744. The number of carboxylic acids is 2. The molecule has 0 aliphatic rings. The van der Waals surface area contributed by atoms with Crippen LogP contribution in [0.3, 0.4) is 0 Å². The average molecular weight is 320 g/mol. The lowest BCUT2D eigenvalue weighted by Crippen LogP contribution is -2.28. The van der Waals surface area contributed by atoms with Crippen molar-refractivity contribution in [2.75, 3.05) is 18.0 Å². The summed E-state index contributed by atoms with van der Waals surface area (Å²) in [6.45, 7) is 7.82. The third-order valence-corrected chi connectivity index (χ3v) is 3.36. The molecule has 0 aliphatic carbocycles. The second-order valence-corrected chi connectivity index (χ2v) is 4.81. The Morgan fingerprint density at radius 1 is 1.13 bits per heavy atom. The Bertz CT molecular complexity index is 751. The summed E-state index contributed by atoms with van der Waals surface area (Å²) in [4.78, 5) is 35.3. The van der Waals surface area contributed by atoms with E-state index in [4.69, 9.17) is 19.8 Å². The summed E-state index contributed by atoms with van der Waals surface area (Å²) in [5.74, 6) is -3.65. The molecular weight excluding hydrogens is 300 g/mol. The number of aromatic nitrogens is 1. The molecule has 1 aromatic carbocycles. The molecule has 3 N–H and O–H groups in total. The maximum atomic E-state index is 12.0. The molecule has 0 radical (unpaired) electrons. The Hall–Kier alpha value is -2.83. The van der Waals surface area contributed by atoms with Crippen molar-refractivity contribution in [2.24, 2.45) is 0 Å². The number of rotatable bonds is 3. The normalized spacial score (nSPS) is 9.87. The van der Waals surface area contributed by atoms with Crippen LogP contribution in [0.15, 0.2) is 29.1 Å². The van der Waals surface area contributed by atoms with Crippen molar-refractivity contribution < 1.29 is 19.8 Å². The van der Waals surface area contributed by atoms with Gasteiger partial charge in [0.2, 0.25) is 0 Å². The number of hydrogen-bond acceptors (Lipinski definition) is 4. The Morgan fingerprint density at radius 2 is 1.70 bits per heavy atom. The first kappa shape index (κ1) is 18.2. The lowest BCUT2D eigenvalue weighted by molar-refractivity contribution is -0.159. The molecule has 0 saturated heterocycles. The minimum absolute atomic E-state index is 0.00417. The van der Waals surface area contributed by atoms with Crippen LogP contribution in [0, 0.1) is 6.92 Å². The molecule has 1 heterocycles. The van der Waals surface area contributed by atoms with E-state index in [1.54, 1.807) is 0 Å². The number of pyridine rings is 1. The maximum Gasteiger partial charge on any atom is 0.414 e. The third-order valence-electron chi connectivity index (χ3n) is 3.36. The van der Waals surface area contributed by atoms with Gasteiger partial charge >= 0.3 is 11.9 Å². The fourth-order valence-electron chi connectivity index (χ4n) is 2.17. The number of aliphatic carboxylic acids is 2. The molecule has 7 heteroatoms. The molecule has 0 saturated carbocycles. The van der Waals surface area contributed by atoms with Gasteiger partial charge < -0.3 is 20.1 Å². The van der Waals surface area contributed by atoms with Gasteiger partial charge in [0, 0.05) is 18.5 Å². The Kier molecular flexibility index (Phi) is 6.32. The van der Waals surface area contributed by atoms with Crippen LogP contribution < -0.4 is 10.5 Å². The van der Waals surface area contributed by atoms with Gasteiger partial charge in [-0.2, -0.15) is 0 Å². The van der Waals surface area contributed by atoms with E-state index in [-0.39, 0.29) is 5.56 Å². The minimum atomic E-state index is -1.82. The fourth-order valence-corrected chi connectivity index (χ4v) is 2.17. The SMILES string of the molecule is CCN(CC)c1cc2cccc(C)c2[nH]c1=O.O=C(O)C(=O)O. The zero-order valence-corrected chi connectivity index (χ0v) is 13.3. The van der Waals surface area contributed by atoms with Crippen LogP contribution in [0.5, 0.6) is 0 Å². The van der Waals surface area contributed by atoms with Crippen molar-refractivity contribution in [3.8, 4) is 0 Å². The molecule has 2 rings (SSSR count). The topological polar surface area (TPSA) is 111 Å². The second-order valence-electron chi connectivity index (χ2n) is 4.81. The predicted molar refractivity (Wildman–Crippen MR) is 88.1 cm³/mol. The van der Waals surface area contributed by atoms with Crippen LogP contribution in [0.1, 0.15) is 19.4 Å². The maximum absolute atomic E-state index is 12.0. The molecule has 0 unspecified atom stereocenters. The molecule has 0 spiro atoms. The first-order valence-corrected chi connectivity index (χ1v) is 7.15. The van der Waals surface area contributed by atoms with Crippen molar-refractivity contribution in [2.45, 2.75) is 20.8 Å². The molecule has 7 nitrogen and oxygen atoms in total. The number of fused-ring (bicyclic) bond motifs is 1. The summed E-state index contributed by atoms with van der Waals surface area (Å²) in [6.07, 6.45) is 0. The molecule has 0 aliphatic heterocycles. The summed E-state index contributed by atoms with van der Waals surface area (Å²) in [6, 6.07) is 8.04. The highest BCUT2D eigenvalue weighted by atomic mass is 16.4. The number of carbonyl (C=O) groups is 2. The lowest BCUT2D eigenvalue weighted by atomic mass is 10.1. The van der Waals surface area contributed by atoms with E-state index in [2.05, 4.69) is 23.7 Å². The van der Waals surface area contributed by atoms with Gasteiger partial charge in [0.1, 0.15) is 5.69 Å². The van der Waals surface area contributed by atoms with Crippen molar-refractivity contribution in [3.63, 3.8) is 0 Å². The smallest absolute Gasteiger partial charge is 0.414 e.